The molecule has 0 aliphatic heterocycles. The van der Waals surface area contributed by atoms with Gasteiger partial charge in [0.25, 0.3) is 5.91 Å². The molecule has 0 atom stereocenters. The van der Waals surface area contributed by atoms with Crippen molar-refractivity contribution in [1.29, 1.82) is 0 Å². The van der Waals surface area contributed by atoms with Crippen molar-refractivity contribution < 1.29 is 9.53 Å². The first kappa shape index (κ1) is 16.3. The first-order valence-corrected chi connectivity index (χ1v) is 8.62. The predicted octanol–water partition coefficient (Wildman–Crippen LogP) is 3.88. The van der Waals surface area contributed by atoms with Crippen molar-refractivity contribution in [2.24, 2.45) is 5.10 Å². The molecule has 1 aliphatic rings. The van der Waals surface area contributed by atoms with Crippen molar-refractivity contribution in [2.75, 3.05) is 7.11 Å². The molecule has 1 fully saturated rings. The number of nitrogens with one attached hydrogen (secondary N) is 1. The van der Waals surface area contributed by atoms with Gasteiger partial charge < -0.3 is 4.74 Å². The minimum absolute atomic E-state index is 0.239. The molecule has 0 spiro atoms. The number of aromatic nitrogens is 1. The van der Waals surface area contributed by atoms with Crippen molar-refractivity contribution in [1.82, 2.24) is 10.4 Å². The van der Waals surface area contributed by atoms with Crippen LogP contribution in [-0.4, -0.2) is 24.2 Å². The number of para-hydroxylation sites is 2. The van der Waals surface area contributed by atoms with Gasteiger partial charge in [-0.1, -0.05) is 30.3 Å². The van der Waals surface area contributed by atoms with Crippen LogP contribution in [0.3, 0.4) is 0 Å². The molecule has 0 unspecified atom stereocenters. The summed E-state index contributed by atoms with van der Waals surface area (Å²) in [5, 5.41) is 4.93. The van der Waals surface area contributed by atoms with E-state index in [0.29, 0.717) is 17.2 Å². The maximum absolute atomic E-state index is 12.7. The van der Waals surface area contributed by atoms with Gasteiger partial charge in [0.15, 0.2) is 0 Å². The average molecular weight is 345 g/mol. The molecule has 0 saturated heterocycles. The Morgan fingerprint density at radius 1 is 1.19 bits per heavy atom. The highest BCUT2D eigenvalue weighted by Crippen LogP contribution is 2.40. The van der Waals surface area contributed by atoms with Crippen LogP contribution < -0.4 is 10.2 Å². The summed E-state index contributed by atoms with van der Waals surface area (Å²) in [5.41, 5.74) is 5.86. The van der Waals surface area contributed by atoms with Crippen molar-refractivity contribution in [3.63, 3.8) is 0 Å². The lowest BCUT2D eigenvalue weighted by Crippen LogP contribution is -2.18. The first-order chi connectivity index (χ1) is 12.8. The molecule has 1 aromatic heterocycles. The van der Waals surface area contributed by atoms with Gasteiger partial charge in [-0.15, -0.1) is 0 Å². The summed E-state index contributed by atoms with van der Waals surface area (Å²) in [4.78, 5) is 17.4. The Bertz CT molecular complexity index is 993. The highest BCUT2D eigenvalue weighted by Gasteiger charge is 2.26. The van der Waals surface area contributed by atoms with Crippen molar-refractivity contribution >= 4 is 23.0 Å². The Labute approximate surface area is 151 Å². The molecule has 5 nitrogen and oxygen atoms in total. The number of nitrogens with zero attached hydrogens (tertiary/aromatic N) is 2. The van der Waals surface area contributed by atoms with E-state index in [0.717, 1.165) is 35.0 Å². The lowest BCUT2D eigenvalue weighted by atomic mass is 10.1. The van der Waals surface area contributed by atoms with E-state index in [1.807, 2.05) is 54.6 Å². The molecule has 1 aliphatic carbocycles. The number of hydrogen-bond acceptors (Lipinski definition) is 4. The Kier molecular flexibility index (Phi) is 4.35. The van der Waals surface area contributed by atoms with Gasteiger partial charge in [0.1, 0.15) is 5.75 Å². The molecule has 0 bridgehead atoms. The molecule has 1 heterocycles. The highest BCUT2D eigenvalue weighted by atomic mass is 16.5. The van der Waals surface area contributed by atoms with Crippen molar-refractivity contribution in [3.05, 3.63) is 71.4 Å². The summed E-state index contributed by atoms with van der Waals surface area (Å²) in [7, 11) is 1.60. The van der Waals surface area contributed by atoms with Gasteiger partial charge in [-0.3, -0.25) is 9.78 Å². The second-order valence-corrected chi connectivity index (χ2v) is 6.33. The highest BCUT2D eigenvalue weighted by molar-refractivity contribution is 6.06. The summed E-state index contributed by atoms with van der Waals surface area (Å²) in [6.45, 7) is 0. The van der Waals surface area contributed by atoms with Crippen molar-refractivity contribution in [2.45, 2.75) is 18.8 Å². The number of hydrogen-bond donors (Lipinski definition) is 1. The van der Waals surface area contributed by atoms with Crippen molar-refractivity contribution in [3.8, 4) is 5.75 Å². The maximum Gasteiger partial charge on any atom is 0.272 e. The first-order valence-electron chi connectivity index (χ1n) is 8.62. The van der Waals surface area contributed by atoms with Crippen LogP contribution in [0.1, 0.15) is 40.4 Å². The number of amides is 1. The zero-order chi connectivity index (χ0) is 17.9. The molecule has 1 saturated carbocycles. The van der Waals surface area contributed by atoms with Gasteiger partial charge in [0.2, 0.25) is 0 Å². The van der Waals surface area contributed by atoms with Crippen LogP contribution in [0.2, 0.25) is 0 Å². The van der Waals surface area contributed by atoms with E-state index in [2.05, 4.69) is 10.5 Å². The second kappa shape index (κ2) is 6.96. The lowest BCUT2D eigenvalue weighted by Gasteiger charge is -2.08. The van der Waals surface area contributed by atoms with Gasteiger partial charge in [-0.2, -0.15) is 5.10 Å². The SMILES string of the molecule is COc1ccccc1/C=N/NC(=O)c1cc(C2CC2)nc2ccccc12. The second-order valence-electron chi connectivity index (χ2n) is 6.33. The summed E-state index contributed by atoms with van der Waals surface area (Å²) in [6, 6.07) is 17.1. The fourth-order valence-electron chi connectivity index (χ4n) is 2.97. The largest absolute Gasteiger partial charge is 0.496 e. The van der Waals surface area contributed by atoms with E-state index in [1.54, 1.807) is 13.3 Å². The molecule has 130 valence electrons. The Morgan fingerprint density at radius 3 is 2.77 bits per heavy atom. The van der Waals surface area contributed by atoms with Crippen LogP contribution >= 0.6 is 0 Å². The number of carbonyl (C=O) groups is 1. The average Bonchev–Trinajstić information content (AvgIpc) is 3.52. The van der Waals surface area contributed by atoms with Gasteiger partial charge in [-0.05, 0) is 37.1 Å². The van der Waals surface area contributed by atoms with Gasteiger partial charge >= 0.3 is 0 Å². The van der Waals surface area contributed by atoms with Gasteiger partial charge in [-0.25, -0.2) is 5.43 Å². The van der Waals surface area contributed by atoms with Crippen LogP contribution in [0.25, 0.3) is 10.9 Å². The topological polar surface area (TPSA) is 63.6 Å². The molecule has 4 rings (SSSR count). The molecule has 3 aromatic rings. The number of carbonyl (C=O) groups excluding carboxylic acids is 1. The standard InChI is InChI=1S/C21H19N3O2/c1-26-20-9-5-2-6-15(20)13-22-24-21(25)17-12-19(14-10-11-14)23-18-8-4-3-7-16(17)18/h2-9,12-14H,10-11H2,1H3,(H,24,25)/b22-13+. The van der Waals surface area contributed by atoms with E-state index in [9.17, 15) is 4.79 Å². The number of methoxy groups -OCH3 is 1. The molecule has 1 amide bonds. The molecule has 0 radical (unpaired) electrons. The van der Waals surface area contributed by atoms with E-state index >= 15 is 0 Å². The zero-order valence-electron chi connectivity index (χ0n) is 14.5. The molecule has 1 N–H and O–H groups in total. The van der Waals surface area contributed by atoms with Crippen LogP contribution in [-0.2, 0) is 0 Å². The Balaban J connectivity index is 1.61. The maximum atomic E-state index is 12.7. The van der Waals surface area contributed by atoms with Crippen LogP contribution in [0, 0.1) is 0 Å². The molecule has 2 aromatic carbocycles. The number of rotatable bonds is 5. The van der Waals surface area contributed by atoms with Gasteiger partial charge in [0, 0.05) is 22.6 Å². The van der Waals surface area contributed by atoms with Gasteiger partial charge in [0.05, 0.1) is 24.4 Å². The Hall–Kier alpha value is -3.21. The third-order valence-electron chi connectivity index (χ3n) is 4.48. The normalized spacial score (nSPS) is 13.9. The van der Waals surface area contributed by atoms with Crippen LogP contribution in [0.5, 0.6) is 5.75 Å². The number of hydrazone groups is 1. The van der Waals surface area contributed by atoms with E-state index < -0.39 is 0 Å². The number of fused-ring (bicyclic) bond motifs is 1. The monoisotopic (exact) mass is 345 g/mol. The molecular weight excluding hydrogens is 326 g/mol. The Morgan fingerprint density at radius 2 is 1.96 bits per heavy atom. The zero-order valence-corrected chi connectivity index (χ0v) is 14.5. The minimum atomic E-state index is -0.239. The number of ether oxygens (including phenoxy) is 1. The summed E-state index contributed by atoms with van der Waals surface area (Å²) < 4.78 is 5.28. The fraction of sp³-hybridized carbons (Fsp3) is 0.190. The summed E-state index contributed by atoms with van der Waals surface area (Å²) in [6.07, 6.45) is 3.86. The minimum Gasteiger partial charge on any atom is -0.496 e. The third kappa shape index (κ3) is 3.28. The molecule has 5 heteroatoms. The van der Waals surface area contributed by atoms with Crippen LogP contribution in [0.15, 0.2) is 59.7 Å². The van der Waals surface area contributed by atoms with Crippen LogP contribution in [0.4, 0.5) is 0 Å². The summed E-state index contributed by atoms with van der Waals surface area (Å²) in [5.74, 6) is 0.941. The number of benzene rings is 2. The summed E-state index contributed by atoms with van der Waals surface area (Å²) >= 11 is 0. The number of pyridine rings is 1. The van der Waals surface area contributed by atoms with E-state index in [4.69, 9.17) is 9.72 Å². The molecular formula is C21H19N3O2. The lowest BCUT2D eigenvalue weighted by molar-refractivity contribution is 0.0956. The quantitative estimate of drug-likeness (QED) is 0.564. The molecule has 26 heavy (non-hydrogen) atoms. The predicted molar refractivity (Wildman–Crippen MR) is 102 cm³/mol. The van der Waals surface area contributed by atoms with E-state index in [-0.39, 0.29) is 5.91 Å². The third-order valence-corrected chi connectivity index (χ3v) is 4.48. The fourth-order valence-corrected chi connectivity index (χ4v) is 2.97. The smallest absolute Gasteiger partial charge is 0.272 e. The van der Waals surface area contributed by atoms with E-state index in [1.165, 1.54) is 0 Å².